The molecule has 0 radical (unpaired) electrons. The van der Waals surface area contributed by atoms with Crippen LogP contribution in [0.25, 0.3) is 0 Å². The van der Waals surface area contributed by atoms with Gasteiger partial charge in [0.15, 0.2) is 0 Å². The smallest absolute Gasteiger partial charge is 0.251 e. The van der Waals surface area contributed by atoms with E-state index < -0.39 is 0 Å². The van der Waals surface area contributed by atoms with Gasteiger partial charge in [0.05, 0.1) is 0 Å². The summed E-state index contributed by atoms with van der Waals surface area (Å²) in [6.07, 6.45) is 3.84. The molecule has 0 fully saturated rings. The Balaban J connectivity index is 1.66. The number of nitrogens with one attached hydrogen (secondary N) is 2. The number of hydrogen-bond acceptors (Lipinski definition) is 3. The second-order valence-electron chi connectivity index (χ2n) is 4.97. The lowest BCUT2D eigenvalue weighted by Crippen LogP contribution is -2.29. The second kappa shape index (κ2) is 7.93. The van der Waals surface area contributed by atoms with E-state index in [2.05, 4.69) is 15.6 Å². The molecular weight excluding hydrogens is 278 g/mol. The Labute approximate surface area is 129 Å². The summed E-state index contributed by atoms with van der Waals surface area (Å²) < 4.78 is 0. The first-order valence-electron chi connectivity index (χ1n) is 7.20. The van der Waals surface area contributed by atoms with Gasteiger partial charge in [-0.1, -0.05) is 17.7 Å². The molecule has 0 aliphatic rings. The predicted octanol–water partition coefficient (Wildman–Crippen LogP) is 1.94. The Morgan fingerprint density at radius 2 is 1.36 bits per heavy atom. The Hall–Kier alpha value is -2.69. The number of hydrogen-bond donors (Lipinski definition) is 2. The molecule has 1 aromatic heterocycles. The van der Waals surface area contributed by atoms with Crippen molar-refractivity contribution in [1.29, 1.82) is 0 Å². The SMILES string of the molecule is Cc1ccc(C(=O)NCCCNC(=O)c2ccncc2)cc1. The average Bonchev–Trinajstić information content (AvgIpc) is 2.55. The summed E-state index contributed by atoms with van der Waals surface area (Å²) >= 11 is 0. The normalized spacial score (nSPS) is 10.0. The van der Waals surface area contributed by atoms with Gasteiger partial charge in [0, 0.05) is 36.6 Å². The first-order valence-corrected chi connectivity index (χ1v) is 7.20. The zero-order valence-electron chi connectivity index (χ0n) is 12.5. The monoisotopic (exact) mass is 297 g/mol. The molecule has 2 aromatic rings. The lowest BCUT2D eigenvalue weighted by atomic mass is 10.1. The molecule has 0 aliphatic heterocycles. The minimum atomic E-state index is -0.132. The zero-order valence-corrected chi connectivity index (χ0v) is 12.5. The number of carbonyl (C=O) groups is 2. The molecule has 0 spiro atoms. The number of aromatic nitrogens is 1. The van der Waals surface area contributed by atoms with Crippen LogP contribution in [0.1, 0.15) is 32.7 Å². The summed E-state index contributed by atoms with van der Waals surface area (Å²) in [6, 6.07) is 10.7. The minimum absolute atomic E-state index is 0.0968. The Morgan fingerprint density at radius 1 is 0.864 bits per heavy atom. The van der Waals surface area contributed by atoms with Crippen molar-refractivity contribution in [2.75, 3.05) is 13.1 Å². The fourth-order valence-electron chi connectivity index (χ4n) is 1.90. The Morgan fingerprint density at radius 3 is 1.91 bits per heavy atom. The number of pyridine rings is 1. The fraction of sp³-hybridized carbons (Fsp3) is 0.235. The van der Waals surface area contributed by atoms with Gasteiger partial charge in [-0.15, -0.1) is 0 Å². The fourth-order valence-corrected chi connectivity index (χ4v) is 1.90. The van der Waals surface area contributed by atoms with E-state index in [1.165, 1.54) is 0 Å². The summed E-state index contributed by atoms with van der Waals surface area (Å²) in [7, 11) is 0. The molecule has 0 saturated carbocycles. The van der Waals surface area contributed by atoms with Gasteiger partial charge in [-0.3, -0.25) is 14.6 Å². The van der Waals surface area contributed by atoms with Gasteiger partial charge in [-0.2, -0.15) is 0 Å². The molecule has 0 unspecified atom stereocenters. The van der Waals surface area contributed by atoms with Gasteiger partial charge >= 0.3 is 0 Å². The Bertz CT molecular complexity index is 624. The van der Waals surface area contributed by atoms with Crippen LogP contribution in [0.15, 0.2) is 48.8 Å². The standard InChI is InChI=1S/C17H19N3O2/c1-13-3-5-14(6-4-13)16(21)19-9-2-10-20-17(22)15-7-11-18-12-8-15/h3-8,11-12H,2,9-10H2,1H3,(H,19,21)(H,20,22). The second-order valence-corrected chi connectivity index (χ2v) is 4.97. The predicted molar refractivity (Wildman–Crippen MR) is 84.7 cm³/mol. The molecule has 0 saturated heterocycles. The number of aryl methyl sites for hydroxylation is 1. The third kappa shape index (κ3) is 4.70. The molecule has 5 heteroatoms. The van der Waals surface area contributed by atoms with Gasteiger partial charge in [0.2, 0.25) is 0 Å². The van der Waals surface area contributed by atoms with Crippen molar-refractivity contribution < 1.29 is 9.59 Å². The maximum absolute atomic E-state index is 11.9. The average molecular weight is 297 g/mol. The van der Waals surface area contributed by atoms with Crippen LogP contribution in [-0.2, 0) is 0 Å². The van der Waals surface area contributed by atoms with Crippen molar-refractivity contribution in [3.8, 4) is 0 Å². The minimum Gasteiger partial charge on any atom is -0.352 e. The van der Waals surface area contributed by atoms with E-state index in [1.807, 2.05) is 19.1 Å². The van der Waals surface area contributed by atoms with Crippen LogP contribution in [-0.4, -0.2) is 29.9 Å². The lowest BCUT2D eigenvalue weighted by Gasteiger charge is -2.07. The van der Waals surface area contributed by atoms with Crippen molar-refractivity contribution in [3.63, 3.8) is 0 Å². The van der Waals surface area contributed by atoms with Crippen molar-refractivity contribution in [2.24, 2.45) is 0 Å². The number of nitrogens with zero attached hydrogens (tertiary/aromatic N) is 1. The summed E-state index contributed by atoms with van der Waals surface area (Å²) in [5, 5.41) is 5.63. The number of amides is 2. The van der Waals surface area contributed by atoms with Crippen molar-refractivity contribution >= 4 is 11.8 Å². The first-order chi connectivity index (χ1) is 10.7. The number of benzene rings is 1. The highest BCUT2D eigenvalue weighted by atomic mass is 16.2. The van der Waals surface area contributed by atoms with Crippen LogP contribution >= 0.6 is 0 Å². The van der Waals surface area contributed by atoms with Crippen LogP contribution in [0.3, 0.4) is 0 Å². The van der Waals surface area contributed by atoms with Gasteiger partial charge in [-0.05, 0) is 37.6 Å². The van der Waals surface area contributed by atoms with E-state index in [-0.39, 0.29) is 11.8 Å². The topological polar surface area (TPSA) is 71.1 Å². The van der Waals surface area contributed by atoms with Crippen LogP contribution in [0, 0.1) is 6.92 Å². The molecule has 2 rings (SSSR count). The highest BCUT2D eigenvalue weighted by Gasteiger charge is 2.05. The van der Waals surface area contributed by atoms with E-state index in [1.54, 1.807) is 36.7 Å². The largest absolute Gasteiger partial charge is 0.352 e. The highest BCUT2D eigenvalue weighted by Crippen LogP contribution is 2.02. The maximum atomic E-state index is 11.9. The van der Waals surface area contributed by atoms with Crippen molar-refractivity contribution in [2.45, 2.75) is 13.3 Å². The van der Waals surface area contributed by atoms with Crippen LogP contribution in [0.4, 0.5) is 0 Å². The molecule has 0 aliphatic carbocycles. The summed E-state index contributed by atoms with van der Waals surface area (Å²) in [5.74, 6) is -0.229. The van der Waals surface area contributed by atoms with Crippen molar-refractivity contribution in [1.82, 2.24) is 15.6 Å². The summed E-state index contributed by atoms with van der Waals surface area (Å²) in [6.45, 7) is 3.01. The zero-order chi connectivity index (χ0) is 15.8. The van der Waals surface area contributed by atoms with Crippen LogP contribution in [0.5, 0.6) is 0 Å². The summed E-state index contributed by atoms with van der Waals surface area (Å²) in [4.78, 5) is 27.5. The van der Waals surface area contributed by atoms with E-state index >= 15 is 0 Å². The molecule has 1 aromatic carbocycles. The molecule has 0 bridgehead atoms. The third-order valence-electron chi connectivity index (χ3n) is 3.18. The van der Waals surface area contributed by atoms with Crippen LogP contribution < -0.4 is 10.6 Å². The van der Waals surface area contributed by atoms with E-state index in [9.17, 15) is 9.59 Å². The molecule has 1 heterocycles. The third-order valence-corrected chi connectivity index (χ3v) is 3.18. The quantitative estimate of drug-likeness (QED) is 0.800. The lowest BCUT2D eigenvalue weighted by molar-refractivity contribution is 0.0951. The molecule has 114 valence electrons. The molecular formula is C17H19N3O2. The van der Waals surface area contributed by atoms with E-state index in [0.29, 0.717) is 30.6 Å². The maximum Gasteiger partial charge on any atom is 0.251 e. The number of rotatable bonds is 6. The van der Waals surface area contributed by atoms with Gasteiger partial charge in [-0.25, -0.2) is 0 Å². The number of carbonyl (C=O) groups excluding carboxylic acids is 2. The van der Waals surface area contributed by atoms with Crippen LogP contribution in [0.2, 0.25) is 0 Å². The molecule has 2 N–H and O–H groups in total. The Kier molecular flexibility index (Phi) is 5.65. The van der Waals surface area contributed by atoms with Gasteiger partial charge in [0.1, 0.15) is 0 Å². The molecule has 0 atom stereocenters. The highest BCUT2D eigenvalue weighted by molar-refractivity contribution is 5.94. The van der Waals surface area contributed by atoms with Crippen molar-refractivity contribution in [3.05, 3.63) is 65.5 Å². The van der Waals surface area contributed by atoms with E-state index in [4.69, 9.17) is 0 Å². The summed E-state index contributed by atoms with van der Waals surface area (Å²) in [5.41, 5.74) is 2.35. The van der Waals surface area contributed by atoms with Gasteiger partial charge in [0.25, 0.3) is 11.8 Å². The molecule has 22 heavy (non-hydrogen) atoms. The van der Waals surface area contributed by atoms with E-state index in [0.717, 1.165) is 5.56 Å². The van der Waals surface area contributed by atoms with Gasteiger partial charge < -0.3 is 10.6 Å². The molecule has 2 amide bonds. The first kappa shape index (κ1) is 15.7. The molecule has 5 nitrogen and oxygen atoms in total.